The Hall–Kier alpha value is -1.53. The maximum absolute atomic E-state index is 12.6. The molecule has 21 heavy (non-hydrogen) atoms. The van der Waals surface area contributed by atoms with Crippen molar-refractivity contribution in [2.24, 2.45) is 0 Å². The summed E-state index contributed by atoms with van der Waals surface area (Å²) in [6, 6.07) is 8.63. The maximum Gasteiger partial charge on any atom is 0.262 e. The summed E-state index contributed by atoms with van der Waals surface area (Å²) in [5, 5.41) is 0. The molecule has 0 fully saturated rings. The van der Waals surface area contributed by atoms with Crippen LogP contribution in [0.4, 0.5) is 11.4 Å². The lowest BCUT2D eigenvalue weighted by atomic mass is 10.1. The van der Waals surface area contributed by atoms with E-state index in [-0.39, 0.29) is 4.90 Å². The Morgan fingerprint density at radius 1 is 1.05 bits per heavy atom. The average Bonchev–Trinajstić information content (AvgIpc) is 2.37. The van der Waals surface area contributed by atoms with Crippen molar-refractivity contribution in [2.45, 2.75) is 25.7 Å². The van der Waals surface area contributed by atoms with E-state index >= 15 is 0 Å². The number of hydrogen-bond donors (Lipinski definition) is 2. The number of hydrogen-bond acceptors (Lipinski definition) is 3. The first-order valence-electron chi connectivity index (χ1n) is 6.36. The number of aryl methyl sites for hydroxylation is 2. The summed E-state index contributed by atoms with van der Waals surface area (Å²) in [6.07, 6.45) is 0. The molecule has 2 aromatic carbocycles. The molecule has 0 aromatic heterocycles. The van der Waals surface area contributed by atoms with Crippen molar-refractivity contribution in [3.8, 4) is 0 Å². The molecular formula is C15H17BrN2O2S. The van der Waals surface area contributed by atoms with Crippen LogP contribution in [0, 0.1) is 20.8 Å². The predicted octanol–water partition coefficient (Wildman–Crippen LogP) is 3.76. The van der Waals surface area contributed by atoms with Crippen LogP contribution in [0.3, 0.4) is 0 Å². The minimum atomic E-state index is -3.67. The Bertz CT molecular complexity index is 802. The number of nitrogens with one attached hydrogen (secondary N) is 1. The Balaban J connectivity index is 2.48. The van der Waals surface area contributed by atoms with Gasteiger partial charge in [-0.15, -0.1) is 0 Å². The lowest BCUT2D eigenvalue weighted by Crippen LogP contribution is -2.16. The minimum absolute atomic E-state index is 0.210. The second-order valence-electron chi connectivity index (χ2n) is 5.03. The maximum atomic E-state index is 12.6. The molecule has 0 aliphatic carbocycles. The third-order valence-electron chi connectivity index (χ3n) is 3.36. The van der Waals surface area contributed by atoms with E-state index in [0.717, 1.165) is 15.6 Å². The Morgan fingerprint density at radius 2 is 1.71 bits per heavy atom. The highest BCUT2D eigenvalue weighted by atomic mass is 79.9. The van der Waals surface area contributed by atoms with Crippen molar-refractivity contribution < 1.29 is 8.42 Å². The number of halogens is 1. The molecule has 6 heteroatoms. The molecular weight excluding hydrogens is 352 g/mol. The van der Waals surface area contributed by atoms with Gasteiger partial charge in [-0.1, -0.05) is 15.9 Å². The minimum Gasteiger partial charge on any atom is -0.399 e. The first-order chi connectivity index (χ1) is 9.70. The summed E-state index contributed by atoms with van der Waals surface area (Å²) in [5.41, 5.74) is 9.15. The van der Waals surface area contributed by atoms with Gasteiger partial charge in [0.1, 0.15) is 0 Å². The van der Waals surface area contributed by atoms with Crippen LogP contribution in [0.2, 0.25) is 0 Å². The summed E-state index contributed by atoms with van der Waals surface area (Å²) in [7, 11) is -3.67. The molecule has 0 aliphatic heterocycles. The van der Waals surface area contributed by atoms with E-state index in [1.807, 2.05) is 19.9 Å². The highest BCUT2D eigenvalue weighted by molar-refractivity contribution is 9.10. The molecule has 4 nitrogen and oxygen atoms in total. The lowest BCUT2D eigenvalue weighted by Gasteiger charge is -2.14. The van der Waals surface area contributed by atoms with E-state index < -0.39 is 10.0 Å². The van der Waals surface area contributed by atoms with Gasteiger partial charge in [-0.2, -0.15) is 0 Å². The summed E-state index contributed by atoms with van der Waals surface area (Å²) < 4.78 is 28.7. The van der Waals surface area contributed by atoms with Gasteiger partial charge in [0.2, 0.25) is 0 Å². The highest BCUT2D eigenvalue weighted by Crippen LogP contribution is 2.27. The largest absolute Gasteiger partial charge is 0.399 e. The van der Waals surface area contributed by atoms with Crippen molar-refractivity contribution in [1.82, 2.24) is 0 Å². The molecule has 0 radical (unpaired) electrons. The van der Waals surface area contributed by atoms with Crippen LogP contribution in [-0.2, 0) is 10.0 Å². The van der Waals surface area contributed by atoms with E-state index in [0.29, 0.717) is 16.9 Å². The molecule has 0 spiro atoms. The van der Waals surface area contributed by atoms with E-state index in [1.165, 1.54) is 6.07 Å². The smallest absolute Gasteiger partial charge is 0.262 e. The van der Waals surface area contributed by atoms with E-state index in [9.17, 15) is 8.42 Å². The molecule has 0 atom stereocenters. The molecule has 2 rings (SSSR count). The van der Waals surface area contributed by atoms with Crippen molar-refractivity contribution in [2.75, 3.05) is 10.5 Å². The number of anilines is 2. The zero-order chi connectivity index (χ0) is 15.8. The first-order valence-corrected chi connectivity index (χ1v) is 8.64. The van der Waals surface area contributed by atoms with E-state index in [2.05, 4.69) is 20.7 Å². The molecule has 112 valence electrons. The standard InChI is InChI=1S/C15H17BrN2O2S/c1-9-7-13(17)8-15(11(9)3)21(19,20)18-14-5-4-12(16)6-10(14)2/h4-8,18H,17H2,1-3H3. The van der Waals surface area contributed by atoms with Crippen LogP contribution >= 0.6 is 15.9 Å². The normalized spacial score (nSPS) is 11.4. The summed E-state index contributed by atoms with van der Waals surface area (Å²) in [6.45, 7) is 5.47. The van der Waals surface area contributed by atoms with Crippen LogP contribution in [0.25, 0.3) is 0 Å². The van der Waals surface area contributed by atoms with Crippen molar-refractivity contribution in [3.63, 3.8) is 0 Å². The van der Waals surface area contributed by atoms with Crippen LogP contribution in [-0.4, -0.2) is 8.42 Å². The topological polar surface area (TPSA) is 72.2 Å². The van der Waals surface area contributed by atoms with E-state index in [4.69, 9.17) is 5.73 Å². The fourth-order valence-electron chi connectivity index (χ4n) is 2.07. The summed E-state index contributed by atoms with van der Waals surface area (Å²) >= 11 is 3.36. The molecule has 0 saturated heterocycles. The van der Waals surface area contributed by atoms with Crippen molar-refractivity contribution in [1.29, 1.82) is 0 Å². The van der Waals surface area contributed by atoms with Gasteiger partial charge in [0, 0.05) is 10.2 Å². The van der Waals surface area contributed by atoms with Gasteiger partial charge in [-0.25, -0.2) is 8.42 Å². The second-order valence-corrected chi connectivity index (χ2v) is 7.59. The molecule has 2 aromatic rings. The van der Waals surface area contributed by atoms with E-state index in [1.54, 1.807) is 25.1 Å². The predicted molar refractivity (Wildman–Crippen MR) is 90.0 cm³/mol. The van der Waals surface area contributed by atoms with Crippen LogP contribution in [0.15, 0.2) is 39.7 Å². The van der Waals surface area contributed by atoms with Gasteiger partial charge in [0.25, 0.3) is 10.0 Å². The van der Waals surface area contributed by atoms with Crippen LogP contribution < -0.4 is 10.5 Å². The lowest BCUT2D eigenvalue weighted by molar-refractivity contribution is 0.600. The molecule has 0 heterocycles. The van der Waals surface area contributed by atoms with Crippen molar-refractivity contribution >= 4 is 37.3 Å². The van der Waals surface area contributed by atoms with Crippen LogP contribution in [0.5, 0.6) is 0 Å². The molecule has 0 unspecified atom stereocenters. The highest BCUT2D eigenvalue weighted by Gasteiger charge is 2.19. The molecule has 0 amide bonds. The number of rotatable bonds is 3. The van der Waals surface area contributed by atoms with Gasteiger partial charge in [-0.05, 0) is 67.8 Å². The number of benzene rings is 2. The summed E-state index contributed by atoms with van der Waals surface area (Å²) in [5.74, 6) is 0. The number of nitrogen functional groups attached to an aromatic ring is 1. The zero-order valence-corrected chi connectivity index (χ0v) is 14.5. The van der Waals surface area contributed by atoms with Crippen LogP contribution in [0.1, 0.15) is 16.7 Å². The van der Waals surface area contributed by atoms with Gasteiger partial charge >= 0.3 is 0 Å². The molecule has 0 aliphatic rings. The first kappa shape index (κ1) is 15.9. The Kier molecular flexibility index (Phi) is 4.30. The molecule has 0 bridgehead atoms. The fourth-order valence-corrected chi connectivity index (χ4v) is 4.03. The SMILES string of the molecule is Cc1cc(Br)ccc1NS(=O)(=O)c1cc(N)cc(C)c1C. The molecule has 3 N–H and O–H groups in total. The molecule has 0 saturated carbocycles. The third kappa shape index (κ3) is 3.39. The number of nitrogens with two attached hydrogens (primary N) is 1. The second kappa shape index (κ2) is 5.69. The Labute approximate surface area is 133 Å². The van der Waals surface area contributed by atoms with Gasteiger partial charge in [0.15, 0.2) is 0 Å². The summed E-state index contributed by atoms with van der Waals surface area (Å²) in [4.78, 5) is 0.210. The fraction of sp³-hybridized carbons (Fsp3) is 0.200. The number of sulfonamides is 1. The van der Waals surface area contributed by atoms with Gasteiger partial charge < -0.3 is 5.73 Å². The Morgan fingerprint density at radius 3 is 2.33 bits per heavy atom. The zero-order valence-electron chi connectivity index (χ0n) is 12.1. The monoisotopic (exact) mass is 368 g/mol. The van der Waals surface area contributed by atoms with Gasteiger partial charge in [0.05, 0.1) is 10.6 Å². The van der Waals surface area contributed by atoms with Gasteiger partial charge in [-0.3, -0.25) is 4.72 Å². The average molecular weight is 369 g/mol. The third-order valence-corrected chi connectivity index (χ3v) is 5.35. The quantitative estimate of drug-likeness (QED) is 0.810. The van der Waals surface area contributed by atoms with Crippen molar-refractivity contribution in [3.05, 3.63) is 51.5 Å².